The summed E-state index contributed by atoms with van der Waals surface area (Å²) >= 11 is 7.78. The van der Waals surface area contributed by atoms with Crippen molar-refractivity contribution in [3.63, 3.8) is 0 Å². The molecule has 0 saturated carbocycles. The zero-order valence-corrected chi connectivity index (χ0v) is 17.9. The van der Waals surface area contributed by atoms with Crippen molar-refractivity contribution in [2.45, 2.75) is 57.5 Å². The number of nitrogens with two attached hydrogens (primary N) is 1. The first-order valence-electron chi connectivity index (χ1n) is 8.73. The number of carboxylic acid groups (broad SMARTS) is 1. The highest BCUT2D eigenvalue weighted by molar-refractivity contribution is 7.80. The monoisotopic (exact) mass is 438 g/mol. The van der Waals surface area contributed by atoms with Crippen molar-refractivity contribution in [2.75, 3.05) is 11.5 Å². The molecule has 7 N–H and O–H groups in total. The van der Waals surface area contributed by atoms with Crippen molar-refractivity contribution in [3.05, 3.63) is 0 Å². The fourth-order valence-electron chi connectivity index (χ4n) is 2.17. The van der Waals surface area contributed by atoms with Crippen LogP contribution in [0.5, 0.6) is 0 Å². The number of amides is 3. The van der Waals surface area contributed by atoms with Gasteiger partial charge in [0.25, 0.3) is 0 Å². The van der Waals surface area contributed by atoms with Crippen LogP contribution in [0.4, 0.5) is 0 Å². The van der Waals surface area contributed by atoms with E-state index < -0.39 is 54.0 Å². The molecule has 0 aromatic heterocycles. The van der Waals surface area contributed by atoms with Crippen LogP contribution in [0.25, 0.3) is 0 Å². The zero-order valence-electron chi connectivity index (χ0n) is 16.1. The molecule has 3 amide bonds. The molecular formula is C16H30N4O6S2. The van der Waals surface area contributed by atoms with Gasteiger partial charge in [0.15, 0.2) is 0 Å². The van der Waals surface area contributed by atoms with Gasteiger partial charge in [-0.2, -0.15) is 25.3 Å². The third-order valence-electron chi connectivity index (χ3n) is 3.73. The normalized spacial score (nSPS) is 16.4. The first-order chi connectivity index (χ1) is 12.9. The summed E-state index contributed by atoms with van der Waals surface area (Å²) in [5, 5.41) is 25.9. The second-order valence-electron chi connectivity index (χ2n) is 6.79. The van der Waals surface area contributed by atoms with Crippen LogP contribution in [0.3, 0.4) is 0 Å². The Morgan fingerprint density at radius 2 is 1.43 bits per heavy atom. The molecule has 0 aliphatic heterocycles. The van der Waals surface area contributed by atoms with Gasteiger partial charge in [0.05, 0.1) is 12.1 Å². The van der Waals surface area contributed by atoms with Crippen molar-refractivity contribution < 1.29 is 29.4 Å². The Balaban J connectivity index is 5.30. The summed E-state index contributed by atoms with van der Waals surface area (Å²) in [7, 11) is 0. The number of aliphatic carboxylic acids is 1. The summed E-state index contributed by atoms with van der Waals surface area (Å²) in [5.74, 6) is -3.52. The molecule has 0 bridgehead atoms. The maximum Gasteiger partial charge on any atom is 0.327 e. The van der Waals surface area contributed by atoms with Gasteiger partial charge in [-0.1, -0.05) is 13.8 Å². The molecule has 0 saturated heterocycles. The lowest BCUT2D eigenvalue weighted by atomic mass is 10.0. The molecule has 0 rings (SSSR count). The molecule has 0 aliphatic carbocycles. The number of nitrogens with one attached hydrogen (secondary N) is 3. The quantitative estimate of drug-likeness (QED) is 0.165. The molecule has 12 heteroatoms. The summed E-state index contributed by atoms with van der Waals surface area (Å²) in [4.78, 5) is 48.0. The highest BCUT2D eigenvalue weighted by Crippen LogP contribution is 2.07. The average molecular weight is 439 g/mol. The van der Waals surface area contributed by atoms with Crippen LogP contribution < -0.4 is 21.7 Å². The number of rotatable bonds is 12. The van der Waals surface area contributed by atoms with Crippen molar-refractivity contribution >= 4 is 48.9 Å². The molecule has 28 heavy (non-hydrogen) atoms. The van der Waals surface area contributed by atoms with Crippen molar-refractivity contribution in [2.24, 2.45) is 11.7 Å². The summed E-state index contributed by atoms with van der Waals surface area (Å²) in [6, 6.07) is -4.60. The van der Waals surface area contributed by atoms with Crippen LogP contribution in [-0.4, -0.2) is 75.7 Å². The SMILES string of the molecule is CC(C)CC(NC(=O)C(N)CS)C(=O)NC(C(=O)NC(CS)C(=O)O)C(C)O. The van der Waals surface area contributed by atoms with Gasteiger partial charge in [0.1, 0.15) is 18.1 Å². The third kappa shape index (κ3) is 9.13. The number of thiol groups is 2. The summed E-state index contributed by atoms with van der Waals surface area (Å²) in [6.07, 6.45) is -1.05. The van der Waals surface area contributed by atoms with E-state index in [4.69, 9.17) is 10.8 Å². The predicted molar refractivity (Wildman–Crippen MR) is 110 cm³/mol. The van der Waals surface area contributed by atoms with E-state index >= 15 is 0 Å². The zero-order chi connectivity index (χ0) is 22.0. The van der Waals surface area contributed by atoms with Crippen LogP contribution in [-0.2, 0) is 19.2 Å². The number of carboxylic acids is 1. The average Bonchev–Trinajstić information content (AvgIpc) is 2.61. The standard InChI is InChI=1S/C16H30N4O6S2/c1-7(2)4-10(18-13(22)9(17)5-27)14(23)20-12(8(3)21)15(24)19-11(6-28)16(25)26/h7-12,21,27-28H,4-6,17H2,1-3H3,(H,18,22)(H,19,24)(H,20,23)(H,25,26). The lowest BCUT2D eigenvalue weighted by Crippen LogP contribution is -2.60. The topological polar surface area (TPSA) is 171 Å². The first-order valence-corrected chi connectivity index (χ1v) is 10.00. The largest absolute Gasteiger partial charge is 0.480 e. The molecule has 0 spiro atoms. The second kappa shape index (κ2) is 12.9. The van der Waals surface area contributed by atoms with E-state index in [1.54, 1.807) is 0 Å². The minimum Gasteiger partial charge on any atom is -0.480 e. The molecule has 0 radical (unpaired) electrons. The Kier molecular flexibility index (Phi) is 12.2. The molecule has 0 fully saturated rings. The van der Waals surface area contributed by atoms with Crippen LogP contribution >= 0.6 is 25.3 Å². The molecule has 0 aromatic carbocycles. The molecule has 0 aromatic rings. The summed E-state index contributed by atoms with van der Waals surface area (Å²) in [6.45, 7) is 4.95. The fraction of sp³-hybridized carbons (Fsp3) is 0.750. The van der Waals surface area contributed by atoms with E-state index in [1.807, 2.05) is 13.8 Å². The summed E-state index contributed by atoms with van der Waals surface area (Å²) < 4.78 is 0. The molecule has 0 heterocycles. The number of hydrogen-bond donors (Lipinski definition) is 8. The van der Waals surface area contributed by atoms with Gasteiger partial charge in [-0.15, -0.1) is 0 Å². The van der Waals surface area contributed by atoms with E-state index in [0.717, 1.165) is 0 Å². The van der Waals surface area contributed by atoms with Crippen LogP contribution in [0.2, 0.25) is 0 Å². The Morgan fingerprint density at radius 1 is 0.893 bits per heavy atom. The van der Waals surface area contributed by atoms with Gasteiger partial charge in [0.2, 0.25) is 17.7 Å². The van der Waals surface area contributed by atoms with Gasteiger partial charge < -0.3 is 31.9 Å². The third-order valence-corrected chi connectivity index (χ3v) is 4.49. The number of aliphatic hydroxyl groups excluding tert-OH is 1. The molecule has 5 atom stereocenters. The molecule has 0 aliphatic rings. The van der Waals surface area contributed by atoms with Gasteiger partial charge in [-0.25, -0.2) is 4.79 Å². The first kappa shape index (κ1) is 26.5. The van der Waals surface area contributed by atoms with Crippen molar-refractivity contribution in [3.8, 4) is 0 Å². The van der Waals surface area contributed by atoms with E-state index in [9.17, 15) is 24.3 Å². The van der Waals surface area contributed by atoms with Gasteiger partial charge >= 0.3 is 5.97 Å². The number of carbonyl (C=O) groups is 4. The lowest BCUT2D eigenvalue weighted by molar-refractivity contribution is -0.142. The Morgan fingerprint density at radius 3 is 1.82 bits per heavy atom. The maximum atomic E-state index is 12.6. The molecule has 10 nitrogen and oxygen atoms in total. The van der Waals surface area contributed by atoms with E-state index in [0.29, 0.717) is 0 Å². The van der Waals surface area contributed by atoms with E-state index in [1.165, 1.54) is 6.92 Å². The van der Waals surface area contributed by atoms with Gasteiger partial charge in [-0.3, -0.25) is 14.4 Å². The Hall–Kier alpha value is -1.50. The fourth-order valence-corrected chi connectivity index (χ4v) is 2.58. The van der Waals surface area contributed by atoms with Crippen LogP contribution in [0.1, 0.15) is 27.2 Å². The van der Waals surface area contributed by atoms with Crippen LogP contribution in [0.15, 0.2) is 0 Å². The minimum atomic E-state index is -1.42. The molecular weight excluding hydrogens is 408 g/mol. The van der Waals surface area contributed by atoms with Crippen molar-refractivity contribution in [1.29, 1.82) is 0 Å². The number of aliphatic hydroxyl groups is 1. The van der Waals surface area contributed by atoms with Gasteiger partial charge in [0, 0.05) is 11.5 Å². The van der Waals surface area contributed by atoms with Crippen molar-refractivity contribution in [1.82, 2.24) is 16.0 Å². The highest BCUT2D eigenvalue weighted by Gasteiger charge is 2.32. The molecule has 162 valence electrons. The van der Waals surface area contributed by atoms with E-state index in [-0.39, 0.29) is 23.8 Å². The second-order valence-corrected chi connectivity index (χ2v) is 7.52. The Labute approximate surface area is 175 Å². The Bertz CT molecular complexity index is 561. The van der Waals surface area contributed by atoms with Crippen LogP contribution in [0, 0.1) is 5.92 Å². The predicted octanol–water partition coefficient (Wildman–Crippen LogP) is -1.86. The lowest BCUT2D eigenvalue weighted by Gasteiger charge is -2.27. The molecule has 5 unspecified atom stereocenters. The maximum absolute atomic E-state index is 12.6. The van der Waals surface area contributed by atoms with E-state index in [2.05, 4.69) is 41.2 Å². The smallest absolute Gasteiger partial charge is 0.327 e. The minimum absolute atomic E-state index is 0.0303. The summed E-state index contributed by atoms with van der Waals surface area (Å²) in [5.41, 5.74) is 5.60. The highest BCUT2D eigenvalue weighted by atomic mass is 32.1. The number of hydrogen-bond acceptors (Lipinski definition) is 8. The van der Waals surface area contributed by atoms with Gasteiger partial charge in [-0.05, 0) is 19.3 Å². The number of carbonyl (C=O) groups excluding carboxylic acids is 3.